The van der Waals surface area contributed by atoms with Crippen LogP contribution in [0.15, 0.2) is 249 Å². The van der Waals surface area contributed by atoms with E-state index in [1.807, 2.05) is 36.4 Å². The van der Waals surface area contributed by atoms with Crippen LogP contribution < -0.4 is 0 Å². The van der Waals surface area contributed by atoms with Gasteiger partial charge < -0.3 is 9.13 Å². The van der Waals surface area contributed by atoms with Gasteiger partial charge in [0, 0.05) is 60.4 Å². The zero-order chi connectivity index (χ0) is 53.4. The molecule has 0 amide bonds. The van der Waals surface area contributed by atoms with E-state index in [0.29, 0.717) is 17.5 Å². The molecule has 0 saturated heterocycles. The largest absolute Gasteiger partial charge is 0.309 e. The van der Waals surface area contributed by atoms with Gasteiger partial charge in [0.1, 0.15) is 0 Å². The molecule has 16 rings (SSSR count). The molecular weight excluding hydrogens is 971 g/mol. The minimum atomic E-state index is -0.140. The number of nitrogens with zero attached hydrogens (tertiary/aromatic N) is 5. The lowest BCUT2D eigenvalue weighted by atomic mass is 9.82. The van der Waals surface area contributed by atoms with Crippen LogP contribution >= 0.6 is 0 Å². The Morgan fingerprint density at radius 1 is 0.250 bits per heavy atom. The topological polar surface area (TPSA) is 48.5 Å². The van der Waals surface area contributed by atoms with Crippen molar-refractivity contribution >= 4 is 43.6 Å². The maximum absolute atomic E-state index is 5.10. The van der Waals surface area contributed by atoms with E-state index in [-0.39, 0.29) is 10.8 Å². The lowest BCUT2D eigenvalue weighted by molar-refractivity contribution is 0.660. The quantitative estimate of drug-likeness (QED) is 0.160. The van der Waals surface area contributed by atoms with E-state index in [9.17, 15) is 0 Å². The number of hydrogen-bond donors (Lipinski definition) is 0. The van der Waals surface area contributed by atoms with Gasteiger partial charge in [-0.2, -0.15) is 0 Å². The predicted octanol–water partition coefficient (Wildman–Crippen LogP) is 19.0. The Morgan fingerprint density at radius 3 is 1.11 bits per heavy atom. The van der Waals surface area contributed by atoms with E-state index in [2.05, 4.69) is 249 Å². The van der Waals surface area contributed by atoms with Crippen molar-refractivity contribution in [2.24, 2.45) is 0 Å². The van der Waals surface area contributed by atoms with Gasteiger partial charge in [-0.05, 0) is 140 Å². The van der Waals surface area contributed by atoms with Gasteiger partial charge >= 0.3 is 0 Å². The standard InChI is InChI=1S/C75H53N5/c1-74(2)63-27-14-11-24-55(63)57-35-33-53(44-65(57)74)79-67-29-16-13-26-59(67)60-41-50(31-37-68(60)79)51-32-39-70-62(43-51)61-42-49(30-38-69(61)80(70)54-34-36-58-56-25-12-15-28-64(56)75(3,4)66(58)45-54)48-22-17-23-52(40-48)73-77-71(46-18-7-5-8-19-46)76-72(78-73)47-20-9-6-10-21-47/h5-45H,1-4H3. The van der Waals surface area contributed by atoms with Crippen LogP contribution in [0.3, 0.4) is 0 Å². The Bertz CT molecular complexity index is 4820. The molecule has 0 bridgehead atoms. The summed E-state index contributed by atoms with van der Waals surface area (Å²) in [6.45, 7) is 9.45. The lowest BCUT2D eigenvalue weighted by Gasteiger charge is -2.22. The molecule has 2 aliphatic carbocycles. The molecule has 14 aromatic rings. The molecule has 0 atom stereocenters. The molecule has 0 radical (unpaired) electrons. The molecule has 0 unspecified atom stereocenters. The van der Waals surface area contributed by atoms with Crippen LogP contribution in [-0.4, -0.2) is 24.1 Å². The van der Waals surface area contributed by atoms with Crippen molar-refractivity contribution in [3.05, 3.63) is 271 Å². The van der Waals surface area contributed by atoms with E-state index in [0.717, 1.165) is 44.5 Å². The van der Waals surface area contributed by atoms with Crippen molar-refractivity contribution in [1.82, 2.24) is 24.1 Å². The monoisotopic (exact) mass is 1020 g/mol. The van der Waals surface area contributed by atoms with Gasteiger partial charge in [-0.25, -0.2) is 15.0 Å². The summed E-state index contributed by atoms with van der Waals surface area (Å²) in [6.07, 6.45) is 0. The summed E-state index contributed by atoms with van der Waals surface area (Å²) in [5, 5.41) is 4.85. The molecule has 378 valence electrons. The Kier molecular flexibility index (Phi) is 9.96. The maximum Gasteiger partial charge on any atom is 0.164 e. The third kappa shape index (κ3) is 6.93. The summed E-state index contributed by atoms with van der Waals surface area (Å²) in [6, 6.07) is 90.9. The molecule has 0 fully saturated rings. The highest BCUT2D eigenvalue weighted by molar-refractivity contribution is 6.13. The molecule has 5 nitrogen and oxygen atoms in total. The average molecular weight is 1020 g/mol. The second kappa shape index (κ2) is 17.3. The average Bonchev–Trinajstić information content (AvgIpc) is 4.38. The molecule has 0 spiro atoms. The van der Waals surface area contributed by atoms with Crippen LogP contribution in [0, 0.1) is 0 Å². The summed E-state index contributed by atoms with van der Waals surface area (Å²) >= 11 is 0. The molecule has 3 heterocycles. The number of aromatic nitrogens is 5. The van der Waals surface area contributed by atoms with Gasteiger partial charge in [-0.1, -0.05) is 204 Å². The third-order valence-corrected chi connectivity index (χ3v) is 17.6. The minimum absolute atomic E-state index is 0.0984. The van der Waals surface area contributed by atoms with Gasteiger partial charge in [0.15, 0.2) is 17.5 Å². The first kappa shape index (κ1) is 46.2. The van der Waals surface area contributed by atoms with E-state index < -0.39 is 0 Å². The first-order valence-electron chi connectivity index (χ1n) is 27.7. The fraction of sp³-hybridized carbons (Fsp3) is 0.0800. The number of benzene rings is 11. The fourth-order valence-electron chi connectivity index (χ4n) is 13.5. The number of para-hydroxylation sites is 1. The summed E-state index contributed by atoms with van der Waals surface area (Å²) in [7, 11) is 0. The molecule has 80 heavy (non-hydrogen) atoms. The molecule has 3 aromatic heterocycles. The van der Waals surface area contributed by atoms with Crippen LogP contribution in [0.25, 0.3) is 134 Å². The van der Waals surface area contributed by atoms with Gasteiger partial charge in [0.25, 0.3) is 0 Å². The number of hydrogen-bond acceptors (Lipinski definition) is 3. The van der Waals surface area contributed by atoms with Crippen molar-refractivity contribution < 1.29 is 0 Å². The third-order valence-electron chi connectivity index (χ3n) is 17.6. The molecular formula is C75H53N5. The Hall–Kier alpha value is -9.97. The summed E-state index contributed by atoms with van der Waals surface area (Å²) in [5.41, 5.74) is 24.9. The van der Waals surface area contributed by atoms with Crippen molar-refractivity contribution in [2.75, 3.05) is 0 Å². The second-order valence-corrected chi connectivity index (χ2v) is 22.8. The molecule has 2 aliphatic rings. The van der Waals surface area contributed by atoms with Crippen molar-refractivity contribution in [1.29, 1.82) is 0 Å². The molecule has 5 heteroatoms. The van der Waals surface area contributed by atoms with Crippen LogP contribution in [0.1, 0.15) is 49.9 Å². The highest BCUT2D eigenvalue weighted by Gasteiger charge is 2.37. The number of fused-ring (bicyclic) bond motifs is 12. The highest BCUT2D eigenvalue weighted by Crippen LogP contribution is 2.51. The molecule has 11 aromatic carbocycles. The van der Waals surface area contributed by atoms with Crippen LogP contribution in [0.4, 0.5) is 0 Å². The Balaban J connectivity index is 0.852. The van der Waals surface area contributed by atoms with Gasteiger partial charge in [-0.15, -0.1) is 0 Å². The van der Waals surface area contributed by atoms with Gasteiger partial charge in [0.2, 0.25) is 0 Å². The molecule has 0 N–H and O–H groups in total. The predicted molar refractivity (Wildman–Crippen MR) is 331 cm³/mol. The Labute approximate surface area is 464 Å². The smallest absolute Gasteiger partial charge is 0.164 e. The fourth-order valence-corrected chi connectivity index (χ4v) is 13.5. The first-order valence-corrected chi connectivity index (χ1v) is 27.7. The van der Waals surface area contributed by atoms with Crippen LogP contribution in [0.2, 0.25) is 0 Å². The Morgan fingerprint density at radius 2 is 0.613 bits per heavy atom. The SMILES string of the molecule is CC1(C)c2ccccc2-c2ccc(-n3c4ccccc4c4cc(-c5ccc6c(c5)c5cc(-c7cccc(-c8nc(-c9ccccc9)nc(-c9ccccc9)n8)c7)ccc5n6-c5ccc6c(c5)C(C)(C)c5ccccc5-6)ccc43)cc21. The zero-order valence-corrected chi connectivity index (χ0v) is 44.9. The summed E-state index contributed by atoms with van der Waals surface area (Å²) in [5.74, 6) is 1.91. The van der Waals surface area contributed by atoms with E-state index >= 15 is 0 Å². The lowest BCUT2D eigenvalue weighted by Crippen LogP contribution is -2.15. The number of rotatable bonds is 7. The maximum atomic E-state index is 5.10. The molecule has 0 saturated carbocycles. The minimum Gasteiger partial charge on any atom is -0.309 e. The van der Waals surface area contributed by atoms with Gasteiger partial charge in [0.05, 0.1) is 22.1 Å². The second-order valence-electron chi connectivity index (χ2n) is 22.8. The van der Waals surface area contributed by atoms with Gasteiger partial charge in [-0.3, -0.25) is 0 Å². The molecule has 0 aliphatic heterocycles. The van der Waals surface area contributed by atoms with E-state index in [4.69, 9.17) is 15.0 Å². The van der Waals surface area contributed by atoms with Crippen LogP contribution in [-0.2, 0) is 10.8 Å². The summed E-state index contributed by atoms with van der Waals surface area (Å²) in [4.78, 5) is 15.2. The van der Waals surface area contributed by atoms with Crippen molar-refractivity contribution in [3.63, 3.8) is 0 Å². The van der Waals surface area contributed by atoms with E-state index in [1.54, 1.807) is 0 Å². The van der Waals surface area contributed by atoms with E-state index in [1.165, 1.54) is 93.9 Å². The highest BCUT2D eigenvalue weighted by atomic mass is 15.0. The summed E-state index contributed by atoms with van der Waals surface area (Å²) < 4.78 is 4.94. The first-order chi connectivity index (χ1) is 39.2. The van der Waals surface area contributed by atoms with Crippen molar-refractivity contribution in [3.8, 4) is 90.0 Å². The zero-order valence-electron chi connectivity index (χ0n) is 44.9. The van der Waals surface area contributed by atoms with Crippen LogP contribution in [0.5, 0.6) is 0 Å². The normalized spacial score (nSPS) is 13.7. The van der Waals surface area contributed by atoms with Crippen molar-refractivity contribution in [2.45, 2.75) is 38.5 Å².